The fourth-order valence-corrected chi connectivity index (χ4v) is 2.09. The lowest BCUT2D eigenvalue weighted by atomic mass is 10.1. The molecule has 0 atom stereocenters. The molecule has 17 heavy (non-hydrogen) atoms. The Labute approximate surface area is 104 Å². The molecule has 0 unspecified atom stereocenters. The Morgan fingerprint density at radius 1 is 1.35 bits per heavy atom. The molecule has 0 saturated carbocycles. The predicted molar refractivity (Wildman–Crippen MR) is 71.9 cm³/mol. The molecule has 0 amide bonds. The van der Waals surface area contributed by atoms with Crippen molar-refractivity contribution in [2.75, 3.05) is 24.5 Å². The maximum absolute atomic E-state index is 14.0. The summed E-state index contributed by atoms with van der Waals surface area (Å²) in [6.07, 6.45) is 0.724. The molecule has 0 spiro atoms. The lowest BCUT2D eigenvalue weighted by molar-refractivity contribution is 0.583. The molecule has 96 valence electrons. The normalized spacial score (nSPS) is 10.9. The predicted octanol–water partition coefficient (Wildman–Crippen LogP) is 2.81. The molecule has 1 aromatic carbocycles. The Hall–Kier alpha value is -1.09. The number of hydrogen-bond acceptors (Lipinski definition) is 2. The molecule has 0 fully saturated rings. The van der Waals surface area contributed by atoms with E-state index >= 15 is 0 Å². The standard InChI is InChI=1S/C14H23FN2/c1-4-17(10-11(2)3)14-12(8-9-16)6-5-7-13(14)15/h5-7,11H,4,8-10,16H2,1-3H3. The molecule has 2 N–H and O–H groups in total. The molecule has 0 radical (unpaired) electrons. The van der Waals surface area contributed by atoms with Crippen LogP contribution in [0.5, 0.6) is 0 Å². The average molecular weight is 238 g/mol. The second kappa shape index (κ2) is 6.60. The highest BCUT2D eigenvalue weighted by atomic mass is 19.1. The van der Waals surface area contributed by atoms with Crippen molar-refractivity contribution in [1.82, 2.24) is 0 Å². The highest BCUT2D eigenvalue weighted by Gasteiger charge is 2.15. The van der Waals surface area contributed by atoms with Crippen LogP contribution in [0.2, 0.25) is 0 Å². The maximum Gasteiger partial charge on any atom is 0.146 e. The van der Waals surface area contributed by atoms with Gasteiger partial charge in [-0.2, -0.15) is 0 Å². The van der Waals surface area contributed by atoms with Gasteiger partial charge in [-0.25, -0.2) is 4.39 Å². The molecule has 0 aliphatic carbocycles. The van der Waals surface area contributed by atoms with Crippen LogP contribution in [-0.2, 0) is 6.42 Å². The van der Waals surface area contributed by atoms with E-state index in [4.69, 9.17) is 5.73 Å². The Balaban J connectivity index is 3.06. The summed E-state index contributed by atoms with van der Waals surface area (Å²) in [6.45, 7) is 8.58. The summed E-state index contributed by atoms with van der Waals surface area (Å²) in [7, 11) is 0. The van der Waals surface area contributed by atoms with Gasteiger partial charge in [-0.15, -0.1) is 0 Å². The van der Waals surface area contributed by atoms with Gasteiger partial charge in [-0.05, 0) is 37.4 Å². The fourth-order valence-electron chi connectivity index (χ4n) is 2.09. The van der Waals surface area contributed by atoms with Gasteiger partial charge in [0.25, 0.3) is 0 Å². The molecule has 1 rings (SSSR count). The highest BCUT2D eigenvalue weighted by molar-refractivity contribution is 5.55. The zero-order valence-electron chi connectivity index (χ0n) is 11.0. The Kier molecular flexibility index (Phi) is 5.42. The van der Waals surface area contributed by atoms with Crippen molar-refractivity contribution in [1.29, 1.82) is 0 Å². The molecule has 2 nitrogen and oxygen atoms in total. The third-order valence-electron chi connectivity index (χ3n) is 2.77. The SMILES string of the molecule is CCN(CC(C)C)c1c(F)cccc1CCN. The van der Waals surface area contributed by atoms with E-state index in [-0.39, 0.29) is 5.82 Å². The topological polar surface area (TPSA) is 29.3 Å². The van der Waals surface area contributed by atoms with Gasteiger partial charge < -0.3 is 10.6 Å². The first-order valence-corrected chi connectivity index (χ1v) is 6.32. The monoisotopic (exact) mass is 238 g/mol. The molecule has 0 aliphatic heterocycles. The van der Waals surface area contributed by atoms with Crippen molar-refractivity contribution in [2.45, 2.75) is 27.2 Å². The Morgan fingerprint density at radius 2 is 2.06 bits per heavy atom. The zero-order chi connectivity index (χ0) is 12.8. The number of benzene rings is 1. The first kappa shape index (κ1) is 14.0. The van der Waals surface area contributed by atoms with Crippen molar-refractivity contribution in [2.24, 2.45) is 11.7 Å². The van der Waals surface area contributed by atoms with Crippen LogP contribution in [0.15, 0.2) is 18.2 Å². The maximum atomic E-state index is 14.0. The van der Waals surface area contributed by atoms with Gasteiger partial charge in [0.2, 0.25) is 0 Å². The van der Waals surface area contributed by atoms with Crippen LogP contribution in [0.4, 0.5) is 10.1 Å². The van der Waals surface area contributed by atoms with Gasteiger partial charge in [0.1, 0.15) is 5.82 Å². The van der Waals surface area contributed by atoms with Gasteiger partial charge in [0.15, 0.2) is 0 Å². The molecule has 1 aromatic rings. The van der Waals surface area contributed by atoms with Crippen LogP contribution in [0.3, 0.4) is 0 Å². The van der Waals surface area contributed by atoms with E-state index in [9.17, 15) is 4.39 Å². The fraction of sp³-hybridized carbons (Fsp3) is 0.571. The minimum Gasteiger partial charge on any atom is -0.369 e. The molecule has 0 aliphatic rings. The lowest BCUT2D eigenvalue weighted by Gasteiger charge is -2.28. The number of nitrogens with zero attached hydrogens (tertiary/aromatic N) is 1. The van der Waals surface area contributed by atoms with Crippen molar-refractivity contribution in [3.05, 3.63) is 29.6 Å². The van der Waals surface area contributed by atoms with Crippen LogP contribution in [0, 0.1) is 11.7 Å². The molecule has 0 heterocycles. The van der Waals surface area contributed by atoms with Crippen molar-refractivity contribution in [3.63, 3.8) is 0 Å². The van der Waals surface area contributed by atoms with E-state index in [0.717, 1.165) is 30.8 Å². The van der Waals surface area contributed by atoms with E-state index in [1.54, 1.807) is 6.07 Å². The average Bonchev–Trinajstić information content (AvgIpc) is 2.27. The number of para-hydroxylation sites is 1. The van der Waals surface area contributed by atoms with E-state index in [2.05, 4.69) is 25.7 Å². The summed E-state index contributed by atoms with van der Waals surface area (Å²) in [4.78, 5) is 2.10. The minimum atomic E-state index is -0.140. The summed E-state index contributed by atoms with van der Waals surface area (Å²) >= 11 is 0. The summed E-state index contributed by atoms with van der Waals surface area (Å²) in [5.41, 5.74) is 7.32. The molecule has 0 saturated heterocycles. The Bertz CT molecular complexity index is 350. The molecule has 0 bridgehead atoms. The van der Waals surface area contributed by atoms with E-state index in [1.165, 1.54) is 6.07 Å². The lowest BCUT2D eigenvalue weighted by Crippen LogP contribution is -2.29. The molecule has 0 aromatic heterocycles. The molecule has 3 heteroatoms. The second-order valence-corrected chi connectivity index (χ2v) is 4.72. The first-order chi connectivity index (χ1) is 8.10. The van der Waals surface area contributed by atoms with Crippen molar-refractivity contribution in [3.8, 4) is 0 Å². The van der Waals surface area contributed by atoms with Crippen LogP contribution in [0.25, 0.3) is 0 Å². The van der Waals surface area contributed by atoms with Crippen LogP contribution >= 0.6 is 0 Å². The van der Waals surface area contributed by atoms with E-state index in [1.807, 2.05) is 6.07 Å². The highest BCUT2D eigenvalue weighted by Crippen LogP contribution is 2.25. The third kappa shape index (κ3) is 3.70. The van der Waals surface area contributed by atoms with Gasteiger partial charge in [0, 0.05) is 13.1 Å². The second-order valence-electron chi connectivity index (χ2n) is 4.72. The number of rotatable bonds is 6. The van der Waals surface area contributed by atoms with Crippen LogP contribution < -0.4 is 10.6 Å². The summed E-state index contributed by atoms with van der Waals surface area (Å²) in [5.74, 6) is 0.374. The largest absolute Gasteiger partial charge is 0.369 e. The summed E-state index contributed by atoms with van der Waals surface area (Å²) < 4.78 is 14.0. The van der Waals surface area contributed by atoms with E-state index < -0.39 is 0 Å². The van der Waals surface area contributed by atoms with Crippen molar-refractivity contribution < 1.29 is 4.39 Å². The molecular formula is C14H23FN2. The van der Waals surface area contributed by atoms with Gasteiger partial charge in [-0.3, -0.25) is 0 Å². The first-order valence-electron chi connectivity index (χ1n) is 6.32. The number of hydrogen-bond donors (Lipinski definition) is 1. The smallest absolute Gasteiger partial charge is 0.146 e. The number of halogens is 1. The Morgan fingerprint density at radius 3 is 2.59 bits per heavy atom. The third-order valence-corrected chi connectivity index (χ3v) is 2.77. The number of anilines is 1. The zero-order valence-corrected chi connectivity index (χ0v) is 11.0. The summed E-state index contributed by atoms with van der Waals surface area (Å²) in [6, 6.07) is 5.25. The number of nitrogens with two attached hydrogens (primary N) is 1. The van der Waals surface area contributed by atoms with Gasteiger partial charge in [0.05, 0.1) is 5.69 Å². The molecular weight excluding hydrogens is 215 g/mol. The van der Waals surface area contributed by atoms with Gasteiger partial charge >= 0.3 is 0 Å². The van der Waals surface area contributed by atoms with Crippen LogP contribution in [0.1, 0.15) is 26.3 Å². The van der Waals surface area contributed by atoms with Gasteiger partial charge in [-0.1, -0.05) is 26.0 Å². The van der Waals surface area contributed by atoms with Crippen molar-refractivity contribution >= 4 is 5.69 Å². The van der Waals surface area contributed by atoms with E-state index in [0.29, 0.717) is 12.5 Å². The summed E-state index contributed by atoms with van der Waals surface area (Å²) in [5, 5.41) is 0. The quantitative estimate of drug-likeness (QED) is 0.825. The van der Waals surface area contributed by atoms with Crippen LogP contribution in [-0.4, -0.2) is 19.6 Å². The minimum absolute atomic E-state index is 0.140.